The summed E-state index contributed by atoms with van der Waals surface area (Å²) in [5.41, 5.74) is 8.94. The quantitative estimate of drug-likeness (QED) is 0.694. The molecule has 4 N–H and O–H groups in total. The summed E-state index contributed by atoms with van der Waals surface area (Å²) in [7, 11) is 0. The van der Waals surface area contributed by atoms with Crippen molar-refractivity contribution in [3.63, 3.8) is 0 Å². The smallest absolute Gasteiger partial charge is 0.0897 e. The molecule has 0 radical (unpaired) electrons. The fraction of sp³-hybridized carbons (Fsp3) is 0.500. The van der Waals surface area contributed by atoms with E-state index in [0.29, 0.717) is 11.6 Å². The van der Waals surface area contributed by atoms with Crippen molar-refractivity contribution >= 4 is 17.3 Å². The molecule has 0 spiro atoms. The van der Waals surface area contributed by atoms with Crippen molar-refractivity contribution in [1.29, 1.82) is 0 Å². The lowest BCUT2D eigenvalue weighted by atomic mass is 9.98. The predicted molar refractivity (Wildman–Crippen MR) is 67.9 cm³/mol. The van der Waals surface area contributed by atoms with Crippen LogP contribution >= 0.6 is 11.6 Å². The third-order valence-electron chi connectivity index (χ3n) is 3.09. The Labute approximate surface area is 106 Å². The Kier molecular flexibility index (Phi) is 3.89. The average Bonchev–Trinajstić information content (AvgIpc) is 2.28. The Bertz CT molecular complexity index is 412. The molecule has 1 aromatic carbocycles. The van der Waals surface area contributed by atoms with Gasteiger partial charge in [0.15, 0.2) is 0 Å². The van der Waals surface area contributed by atoms with Crippen LogP contribution in [0.3, 0.4) is 0 Å². The number of anilines is 1. The molecule has 94 valence electrons. The number of nitrogens with two attached hydrogens (primary N) is 1. The van der Waals surface area contributed by atoms with E-state index in [-0.39, 0.29) is 6.61 Å². The van der Waals surface area contributed by atoms with Crippen molar-refractivity contribution in [3.05, 3.63) is 28.3 Å². The molecule has 0 fully saturated rings. The van der Waals surface area contributed by atoms with Gasteiger partial charge in [-0.2, -0.15) is 0 Å². The molecule has 17 heavy (non-hydrogen) atoms. The number of benzene rings is 1. The molecule has 1 unspecified atom stereocenters. The molecule has 1 atom stereocenters. The maximum Gasteiger partial charge on any atom is 0.0897 e. The summed E-state index contributed by atoms with van der Waals surface area (Å²) < 4.78 is 0. The Balaban J connectivity index is 2.13. The van der Waals surface area contributed by atoms with Crippen LogP contribution in [0.4, 0.5) is 5.69 Å². The Hall–Kier alpha value is -0.810. The van der Waals surface area contributed by atoms with Gasteiger partial charge in [-0.3, -0.25) is 4.90 Å². The fourth-order valence-corrected chi connectivity index (χ4v) is 2.51. The topological polar surface area (TPSA) is 69.7 Å². The number of aliphatic hydroxyl groups is 2. The first-order valence-corrected chi connectivity index (χ1v) is 6.06. The molecule has 0 aliphatic carbocycles. The lowest BCUT2D eigenvalue weighted by molar-refractivity contribution is 0.0551. The molecule has 1 aromatic rings. The molecule has 0 saturated heterocycles. The van der Waals surface area contributed by atoms with Crippen LogP contribution in [-0.2, 0) is 13.0 Å². The third-order valence-corrected chi connectivity index (χ3v) is 3.31. The molecular weight excluding hydrogens is 240 g/mol. The minimum absolute atomic E-state index is 0.207. The number of hydrogen-bond donors (Lipinski definition) is 3. The molecule has 0 aromatic heterocycles. The predicted octanol–water partition coefficient (Wildman–Crippen LogP) is 0.633. The highest BCUT2D eigenvalue weighted by Crippen LogP contribution is 2.28. The molecule has 1 heterocycles. The molecule has 4 nitrogen and oxygen atoms in total. The van der Waals surface area contributed by atoms with Gasteiger partial charge < -0.3 is 15.9 Å². The van der Waals surface area contributed by atoms with E-state index in [1.807, 2.05) is 6.07 Å². The van der Waals surface area contributed by atoms with Crippen molar-refractivity contribution in [2.45, 2.75) is 19.1 Å². The van der Waals surface area contributed by atoms with Gasteiger partial charge in [0.25, 0.3) is 0 Å². The molecule has 2 rings (SSSR count). The summed E-state index contributed by atoms with van der Waals surface area (Å²) >= 11 is 5.97. The summed E-state index contributed by atoms with van der Waals surface area (Å²) in [5.74, 6) is 0. The highest BCUT2D eigenvalue weighted by atomic mass is 35.5. The van der Waals surface area contributed by atoms with Gasteiger partial charge >= 0.3 is 0 Å². The Morgan fingerprint density at radius 3 is 2.94 bits per heavy atom. The van der Waals surface area contributed by atoms with Crippen LogP contribution in [0, 0.1) is 0 Å². The van der Waals surface area contributed by atoms with Gasteiger partial charge in [-0.1, -0.05) is 11.6 Å². The number of rotatable bonds is 3. The zero-order valence-corrected chi connectivity index (χ0v) is 10.3. The minimum atomic E-state index is -0.687. The van der Waals surface area contributed by atoms with Gasteiger partial charge in [-0.05, 0) is 29.7 Å². The average molecular weight is 257 g/mol. The summed E-state index contributed by atoms with van der Waals surface area (Å²) in [6, 6.07) is 3.70. The van der Waals surface area contributed by atoms with Crippen LogP contribution in [0.25, 0.3) is 0 Å². The van der Waals surface area contributed by atoms with E-state index in [4.69, 9.17) is 22.4 Å². The normalized spacial score (nSPS) is 17.8. The number of hydrogen-bond acceptors (Lipinski definition) is 4. The number of β-amino-alcohol motifs (C(OH)–C–C–N with tert-alkyl or cyclic N) is 1. The van der Waals surface area contributed by atoms with E-state index in [1.54, 1.807) is 6.07 Å². The highest BCUT2D eigenvalue weighted by Gasteiger charge is 2.20. The maximum atomic E-state index is 9.42. The van der Waals surface area contributed by atoms with Crippen LogP contribution < -0.4 is 5.73 Å². The van der Waals surface area contributed by atoms with E-state index in [0.717, 1.165) is 36.3 Å². The number of fused-ring (bicyclic) bond motifs is 1. The molecule has 0 saturated carbocycles. The maximum absolute atomic E-state index is 9.42. The number of aliphatic hydroxyl groups excluding tert-OH is 2. The van der Waals surface area contributed by atoms with Gasteiger partial charge in [0.1, 0.15) is 0 Å². The Morgan fingerprint density at radius 1 is 1.47 bits per heavy atom. The van der Waals surface area contributed by atoms with Crippen LogP contribution in [0.5, 0.6) is 0 Å². The van der Waals surface area contributed by atoms with Gasteiger partial charge in [-0.25, -0.2) is 0 Å². The van der Waals surface area contributed by atoms with E-state index in [2.05, 4.69) is 4.90 Å². The van der Waals surface area contributed by atoms with E-state index in [9.17, 15) is 5.11 Å². The summed E-state index contributed by atoms with van der Waals surface area (Å²) in [5, 5.41) is 18.9. The van der Waals surface area contributed by atoms with E-state index in [1.165, 1.54) is 0 Å². The van der Waals surface area contributed by atoms with E-state index < -0.39 is 6.10 Å². The minimum Gasteiger partial charge on any atom is -0.398 e. The van der Waals surface area contributed by atoms with Gasteiger partial charge in [0, 0.05) is 30.3 Å². The summed E-state index contributed by atoms with van der Waals surface area (Å²) in [6.45, 7) is 1.83. The Morgan fingerprint density at radius 2 is 2.24 bits per heavy atom. The third kappa shape index (κ3) is 2.90. The van der Waals surface area contributed by atoms with Crippen LogP contribution in [-0.4, -0.2) is 40.9 Å². The molecule has 0 bridgehead atoms. The molecule has 1 aliphatic heterocycles. The SMILES string of the molecule is Nc1cc(Cl)cc2c1CCN(CC(O)CO)C2. The van der Waals surface area contributed by atoms with Crippen LogP contribution in [0.1, 0.15) is 11.1 Å². The van der Waals surface area contributed by atoms with Crippen LogP contribution in [0.15, 0.2) is 12.1 Å². The van der Waals surface area contributed by atoms with Crippen molar-refractivity contribution in [2.24, 2.45) is 0 Å². The fourth-order valence-electron chi connectivity index (χ4n) is 2.26. The van der Waals surface area contributed by atoms with E-state index >= 15 is 0 Å². The largest absolute Gasteiger partial charge is 0.398 e. The first-order valence-electron chi connectivity index (χ1n) is 5.68. The standard InChI is InChI=1S/C12H17ClN2O2/c13-9-3-8-5-15(6-10(17)7-16)2-1-11(8)12(14)4-9/h3-4,10,16-17H,1-2,5-7,14H2. The molecule has 0 amide bonds. The number of halogens is 1. The van der Waals surface area contributed by atoms with Gasteiger partial charge in [0.2, 0.25) is 0 Å². The second-order valence-corrected chi connectivity index (χ2v) is 4.89. The van der Waals surface area contributed by atoms with Crippen LogP contribution in [0.2, 0.25) is 5.02 Å². The zero-order valence-electron chi connectivity index (χ0n) is 9.56. The first kappa shape index (κ1) is 12.6. The van der Waals surface area contributed by atoms with Crippen molar-refractivity contribution in [1.82, 2.24) is 4.90 Å². The number of nitrogens with zero attached hydrogens (tertiary/aromatic N) is 1. The zero-order chi connectivity index (χ0) is 12.4. The highest BCUT2D eigenvalue weighted by molar-refractivity contribution is 6.31. The molecule has 5 heteroatoms. The lowest BCUT2D eigenvalue weighted by Crippen LogP contribution is -2.38. The van der Waals surface area contributed by atoms with Crippen molar-refractivity contribution < 1.29 is 10.2 Å². The molecule has 1 aliphatic rings. The summed E-state index contributed by atoms with van der Waals surface area (Å²) in [4.78, 5) is 2.10. The molecular formula is C12H17ClN2O2. The second kappa shape index (κ2) is 5.23. The van der Waals surface area contributed by atoms with Crippen molar-refractivity contribution in [2.75, 3.05) is 25.4 Å². The van der Waals surface area contributed by atoms with Gasteiger partial charge in [-0.15, -0.1) is 0 Å². The van der Waals surface area contributed by atoms with Crippen molar-refractivity contribution in [3.8, 4) is 0 Å². The first-order chi connectivity index (χ1) is 8.10. The monoisotopic (exact) mass is 256 g/mol. The second-order valence-electron chi connectivity index (χ2n) is 4.45. The summed E-state index contributed by atoms with van der Waals surface area (Å²) in [6.07, 6.45) is 0.171. The lowest BCUT2D eigenvalue weighted by Gasteiger charge is -2.30. The number of nitrogen functional groups attached to an aromatic ring is 1. The van der Waals surface area contributed by atoms with Gasteiger partial charge in [0.05, 0.1) is 12.7 Å².